The van der Waals surface area contributed by atoms with E-state index in [0.717, 1.165) is 89.6 Å². The van der Waals surface area contributed by atoms with Gasteiger partial charge < -0.3 is 14.0 Å². The topological polar surface area (TPSA) is 13.1 Å². The average Bonchev–Trinajstić information content (AvgIpc) is 1.69. The maximum absolute atomic E-state index is 4.24. The molecule has 0 fully saturated rings. The lowest BCUT2D eigenvalue weighted by Crippen LogP contribution is -2.10. The van der Waals surface area contributed by atoms with Gasteiger partial charge in [-0.05, 0) is 157 Å². The molecule has 0 radical (unpaired) electrons. The van der Waals surface area contributed by atoms with E-state index in [0.29, 0.717) is 0 Å². The zero-order valence-electron chi connectivity index (χ0n) is 48.5. The third-order valence-corrected chi connectivity index (χ3v) is 15.7. The Bertz CT molecular complexity index is 4600. The molecule has 0 aliphatic rings. The first-order chi connectivity index (χ1) is 43.0. The largest absolute Gasteiger partial charge is 0.324 e. The monoisotopic (exact) mass is 1120 g/mol. The number of anilines is 3. The summed E-state index contributed by atoms with van der Waals surface area (Å²) in [4.78, 5) is 2.33. The Labute approximate surface area is 511 Å². The molecular weight excluding hydrogens is 1050 g/mol. The Kier molecular flexibility index (Phi) is 17.3. The molecule has 12 rings (SSSR count). The number of rotatable bonds is 16. The average molecular weight is 1120 g/mol. The van der Waals surface area contributed by atoms with E-state index in [4.69, 9.17) is 0 Å². The fraction of sp³-hybridized carbons (Fsp3) is 0. The molecular formula is C84H65N3. The number of nitrogens with zero attached hydrogens (tertiary/aromatic N) is 3. The Morgan fingerprint density at radius 1 is 0.356 bits per heavy atom. The molecule has 0 aliphatic carbocycles. The number of aromatic nitrogens is 2. The highest BCUT2D eigenvalue weighted by molar-refractivity contribution is 6.10. The van der Waals surface area contributed by atoms with Crippen molar-refractivity contribution in [2.24, 2.45) is 0 Å². The Balaban J connectivity index is 0.816. The molecule has 0 aliphatic heterocycles. The Hall–Kier alpha value is -11.5. The van der Waals surface area contributed by atoms with Gasteiger partial charge in [-0.3, -0.25) is 0 Å². The van der Waals surface area contributed by atoms with Gasteiger partial charge in [0.25, 0.3) is 0 Å². The first kappa shape index (κ1) is 56.0. The van der Waals surface area contributed by atoms with Gasteiger partial charge in [-0.25, -0.2) is 0 Å². The van der Waals surface area contributed by atoms with Crippen LogP contribution >= 0.6 is 0 Å². The molecule has 3 nitrogen and oxygen atoms in total. The highest BCUT2D eigenvalue weighted by atomic mass is 15.1. The summed E-state index contributed by atoms with van der Waals surface area (Å²) in [7, 11) is 0. The molecule has 0 unspecified atom stereocenters. The van der Waals surface area contributed by atoms with Crippen LogP contribution in [-0.4, -0.2) is 9.13 Å². The number of hydrogen-bond acceptors (Lipinski definition) is 1. The third kappa shape index (κ3) is 13.0. The second-order valence-electron chi connectivity index (χ2n) is 21.2. The first-order valence-electron chi connectivity index (χ1n) is 29.4. The highest BCUT2D eigenvalue weighted by Gasteiger charge is 2.17. The molecule has 0 spiro atoms. The van der Waals surface area contributed by atoms with Crippen molar-refractivity contribution in [2.75, 3.05) is 4.90 Å². The van der Waals surface area contributed by atoms with Crippen LogP contribution in [0, 0.1) is 0 Å². The van der Waals surface area contributed by atoms with Gasteiger partial charge in [0.15, 0.2) is 0 Å². The van der Waals surface area contributed by atoms with Gasteiger partial charge in [-0.2, -0.15) is 0 Å². The molecule has 0 N–H and O–H groups in total. The van der Waals surface area contributed by atoms with Gasteiger partial charge >= 0.3 is 0 Å². The lowest BCUT2D eigenvalue weighted by Gasteiger charge is -2.26. The number of hydrogen-bond donors (Lipinski definition) is 0. The molecule has 12 aromatic rings. The Morgan fingerprint density at radius 2 is 0.770 bits per heavy atom. The lowest BCUT2D eigenvalue weighted by atomic mass is 9.99. The smallest absolute Gasteiger partial charge is 0.0541 e. The molecule has 0 bridgehead atoms. The maximum atomic E-state index is 4.24. The molecule has 3 heteroatoms. The first-order valence-corrected chi connectivity index (χ1v) is 29.4. The molecule has 10 aromatic carbocycles. The summed E-state index contributed by atoms with van der Waals surface area (Å²) < 4.78 is 4.38. The molecule has 87 heavy (non-hydrogen) atoms. The van der Waals surface area contributed by atoms with E-state index in [1.54, 1.807) is 6.08 Å². The van der Waals surface area contributed by atoms with Gasteiger partial charge in [-0.1, -0.05) is 281 Å². The molecule has 2 heterocycles. The fourth-order valence-electron chi connectivity index (χ4n) is 11.1. The Morgan fingerprint density at radius 3 is 1.33 bits per heavy atom. The second-order valence-corrected chi connectivity index (χ2v) is 21.2. The normalized spacial score (nSPS) is 11.3. The summed E-state index contributed by atoms with van der Waals surface area (Å²) in [5, 5.41) is 2.42. The van der Waals surface area contributed by atoms with Gasteiger partial charge in [-0.15, -0.1) is 0 Å². The van der Waals surface area contributed by atoms with E-state index in [1.807, 2.05) is 71.6 Å². The van der Waals surface area contributed by atoms with E-state index in [2.05, 4.69) is 314 Å². The summed E-state index contributed by atoms with van der Waals surface area (Å²) in [6.07, 6.45) is 17.8. The van der Waals surface area contributed by atoms with Gasteiger partial charge in [0.05, 0.1) is 11.0 Å². The summed E-state index contributed by atoms with van der Waals surface area (Å²) in [6.45, 7) is 12.2. The summed E-state index contributed by atoms with van der Waals surface area (Å²) in [6, 6.07) is 108. The van der Waals surface area contributed by atoms with Gasteiger partial charge in [0, 0.05) is 51.6 Å². The molecule has 0 saturated carbocycles. The zero-order chi connectivity index (χ0) is 59.2. The standard InChI is InChI=1S/C84H65N3/c1-4-6-23-63(3)85-60-20-10-8-7-9-15-27-67(31-22-61-85)70-38-40-75(41-39-70)76-50-59-84-82(62-76)81-32-18-19-33-83(81)87(84)80-57-48-74(49-58-80)73-46-55-79(56-47-73)86(77-51-42-68(43-52-77)65(5-2)30-21-26-64-24-13-11-14-25-64)78-53-44-72(45-54-78)71-36-34-69(35-37-71)66-28-16-12-17-29-66/h4-62H,1-3H2/b9-7?,10-8?,23-6-,26-21+,27-15?,60-20?,61-22?,65-30+,67-31?. The number of benzene rings is 10. The molecule has 416 valence electrons. The molecule has 0 amide bonds. The van der Waals surface area contributed by atoms with E-state index in [-0.39, 0.29) is 0 Å². The number of allylic oxidation sites excluding steroid dienone is 8. The number of para-hydroxylation sites is 1. The van der Waals surface area contributed by atoms with Crippen molar-refractivity contribution in [3.8, 4) is 61.3 Å². The van der Waals surface area contributed by atoms with Crippen LogP contribution in [0.5, 0.6) is 0 Å². The quantitative estimate of drug-likeness (QED) is 0.0879. The molecule has 0 atom stereocenters. The van der Waals surface area contributed by atoms with Gasteiger partial charge in [0.1, 0.15) is 0 Å². The summed E-state index contributed by atoms with van der Waals surface area (Å²) >= 11 is 0. The second kappa shape index (κ2) is 26.8. The molecule has 2 aromatic heterocycles. The van der Waals surface area contributed by atoms with Crippen LogP contribution in [-0.2, 0) is 0 Å². The predicted molar refractivity (Wildman–Crippen MR) is 374 cm³/mol. The van der Waals surface area contributed by atoms with Crippen molar-refractivity contribution in [1.82, 2.24) is 9.13 Å². The van der Waals surface area contributed by atoms with Crippen LogP contribution in [0.2, 0.25) is 0 Å². The van der Waals surface area contributed by atoms with Crippen molar-refractivity contribution >= 4 is 56.2 Å². The van der Waals surface area contributed by atoms with Crippen LogP contribution in [0.1, 0.15) is 11.1 Å². The van der Waals surface area contributed by atoms with E-state index >= 15 is 0 Å². The van der Waals surface area contributed by atoms with Crippen molar-refractivity contribution in [1.29, 1.82) is 0 Å². The van der Waals surface area contributed by atoms with E-state index in [9.17, 15) is 0 Å². The number of fused-ring (bicyclic) bond motifs is 3. The maximum Gasteiger partial charge on any atom is 0.0541 e. The molecule has 0 saturated heterocycles. The predicted octanol–water partition coefficient (Wildman–Crippen LogP) is 23.1. The van der Waals surface area contributed by atoms with E-state index < -0.39 is 0 Å². The minimum absolute atomic E-state index is 0.829. The van der Waals surface area contributed by atoms with Gasteiger partial charge in [0.2, 0.25) is 0 Å². The minimum atomic E-state index is 0.829. The summed E-state index contributed by atoms with van der Waals surface area (Å²) in [5.41, 5.74) is 22.3. The van der Waals surface area contributed by atoms with Crippen molar-refractivity contribution < 1.29 is 0 Å². The summed E-state index contributed by atoms with van der Waals surface area (Å²) in [5.74, 6) is 0. The fourth-order valence-corrected chi connectivity index (χ4v) is 11.1. The SMILES string of the molecule is C=C/C=C\C(=C)n1ccccccccc(-c2ccc(-c3ccc4c(c3)c3ccccc3n4-c3ccc(-c4ccc(N(c5ccc(/C(C=C)=C/C=C/c6ccccc6)cc5)c5ccc(-c6ccc(-c7ccccc7)cc6)cc5)cc4)cc3)cc2)ccc1. The minimum Gasteiger partial charge on any atom is -0.324 e. The van der Waals surface area contributed by atoms with Crippen LogP contribution in [0.3, 0.4) is 0 Å². The van der Waals surface area contributed by atoms with Crippen LogP contribution in [0.4, 0.5) is 17.1 Å². The van der Waals surface area contributed by atoms with Crippen molar-refractivity contribution in [3.05, 3.63) is 383 Å². The zero-order valence-corrected chi connectivity index (χ0v) is 48.5. The lowest BCUT2D eigenvalue weighted by molar-refractivity contribution is 1.10. The van der Waals surface area contributed by atoms with Crippen LogP contribution < -0.4 is 4.90 Å². The van der Waals surface area contributed by atoms with Crippen LogP contribution in [0.25, 0.3) is 100 Å². The highest BCUT2D eigenvalue weighted by Crippen LogP contribution is 2.40. The third-order valence-electron chi connectivity index (χ3n) is 15.7. The van der Waals surface area contributed by atoms with Crippen molar-refractivity contribution in [2.45, 2.75) is 0 Å². The van der Waals surface area contributed by atoms with E-state index in [1.165, 1.54) is 33.0 Å². The van der Waals surface area contributed by atoms with Crippen molar-refractivity contribution in [3.63, 3.8) is 0 Å². The van der Waals surface area contributed by atoms with Crippen LogP contribution in [0.15, 0.2) is 372 Å².